The highest BCUT2D eigenvalue weighted by Gasteiger charge is 2.32. The van der Waals surface area contributed by atoms with Gasteiger partial charge in [0, 0.05) is 11.1 Å². The molecule has 26 heavy (non-hydrogen) atoms. The fraction of sp³-hybridized carbons (Fsp3) is 0.263. The molecule has 0 aromatic heterocycles. The van der Waals surface area contributed by atoms with Crippen LogP contribution in [0, 0.1) is 0 Å². The Morgan fingerprint density at radius 3 is 2.69 bits per heavy atom. The number of primary amides is 1. The van der Waals surface area contributed by atoms with E-state index in [-0.39, 0.29) is 25.0 Å². The molecule has 7 heteroatoms. The van der Waals surface area contributed by atoms with E-state index >= 15 is 0 Å². The average molecular weight is 374 g/mol. The number of hydrogen-bond acceptors (Lipinski definition) is 4. The summed E-state index contributed by atoms with van der Waals surface area (Å²) in [6, 6.07) is 14.5. The summed E-state index contributed by atoms with van der Waals surface area (Å²) in [7, 11) is 0. The van der Waals surface area contributed by atoms with Crippen LogP contribution in [0.4, 0.5) is 5.69 Å². The molecule has 1 heterocycles. The topological polar surface area (TPSA) is 84.7 Å². The van der Waals surface area contributed by atoms with Gasteiger partial charge >= 0.3 is 0 Å². The van der Waals surface area contributed by atoms with Gasteiger partial charge in [0.05, 0.1) is 18.8 Å². The molecule has 2 atom stereocenters. The van der Waals surface area contributed by atoms with Gasteiger partial charge in [-0.3, -0.25) is 9.59 Å². The van der Waals surface area contributed by atoms with Gasteiger partial charge < -0.3 is 20.7 Å². The first-order valence-corrected chi connectivity index (χ1v) is 8.68. The lowest BCUT2D eigenvalue weighted by Gasteiger charge is -2.33. The van der Waals surface area contributed by atoms with Gasteiger partial charge in [-0.2, -0.15) is 0 Å². The molecule has 1 aliphatic rings. The van der Waals surface area contributed by atoms with Gasteiger partial charge in [-0.05, 0) is 30.7 Å². The zero-order chi connectivity index (χ0) is 18.7. The molecule has 2 aromatic carbocycles. The lowest BCUT2D eigenvalue weighted by atomic mass is 10.1. The highest BCUT2D eigenvalue weighted by atomic mass is 35.5. The SMILES string of the molecule is C[C@@H](NCC(=O)N1C[C@H](C(N)=O)Oc2ccccc21)c1ccccc1Cl. The maximum Gasteiger partial charge on any atom is 0.260 e. The lowest BCUT2D eigenvalue weighted by Crippen LogP contribution is -2.51. The number of nitrogens with one attached hydrogen (secondary N) is 1. The fourth-order valence-corrected chi connectivity index (χ4v) is 3.19. The molecule has 136 valence electrons. The van der Waals surface area contributed by atoms with Crippen LogP contribution in [-0.2, 0) is 9.59 Å². The molecule has 0 radical (unpaired) electrons. The summed E-state index contributed by atoms with van der Waals surface area (Å²) in [4.78, 5) is 25.9. The maximum absolute atomic E-state index is 12.8. The van der Waals surface area contributed by atoms with Crippen molar-refractivity contribution in [1.82, 2.24) is 5.32 Å². The van der Waals surface area contributed by atoms with E-state index in [1.54, 1.807) is 18.2 Å². The number of nitrogens with two attached hydrogens (primary N) is 1. The molecule has 0 unspecified atom stereocenters. The number of fused-ring (bicyclic) bond motifs is 1. The Balaban J connectivity index is 1.73. The van der Waals surface area contributed by atoms with Crippen molar-refractivity contribution in [2.24, 2.45) is 5.73 Å². The minimum atomic E-state index is -0.866. The summed E-state index contributed by atoms with van der Waals surface area (Å²) in [5.41, 5.74) is 6.91. The molecular formula is C19H20ClN3O3. The molecule has 2 aromatic rings. The van der Waals surface area contributed by atoms with Crippen LogP contribution in [0.5, 0.6) is 5.75 Å². The predicted octanol–water partition coefficient (Wildman–Crippen LogP) is 2.27. The Morgan fingerprint density at radius 2 is 1.96 bits per heavy atom. The van der Waals surface area contributed by atoms with E-state index in [2.05, 4.69) is 5.32 Å². The molecule has 0 bridgehead atoms. The van der Waals surface area contributed by atoms with Gasteiger partial charge in [-0.15, -0.1) is 0 Å². The van der Waals surface area contributed by atoms with Crippen LogP contribution >= 0.6 is 11.6 Å². The molecule has 0 aliphatic carbocycles. The van der Waals surface area contributed by atoms with Crippen molar-refractivity contribution in [3.63, 3.8) is 0 Å². The molecular weight excluding hydrogens is 354 g/mol. The van der Waals surface area contributed by atoms with E-state index in [4.69, 9.17) is 22.1 Å². The zero-order valence-electron chi connectivity index (χ0n) is 14.3. The smallest absolute Gasteiger partial charge is 0.260 e. The van der Waals surface area contributed by atoms with Crippen LogP contribution in [0.1, 0.15) is 18.5 Å². The molecule has 6 nitrogen and oxygen atoms in total. The van der Waals surface area contributed by atoms with Crippen LogP contribution in [0.2, 0.25) is 5.02 Å². The minimum Gasteiger partial charge on any atom is -0.477 e. The monoisotopic (exact) mass is 373 g/mol. The number of halogens is 1. The summed E-state index contributed by atoms with van der Waals surface area (Å²) in [5.74, 6) is -0.310. The molecule has 2 amide bonds. The van der Waals surface area contributed by atoms with Crippen molar-refractivity contribution in [2.45, 2.75) is 19.1 Å². The Labute approximate surface area is 156 Å². The third-order valence-electron chi connectivity index (χ3n) is 4.32. The van der Waals surface area contributed by atoms with Crippen LogP contribution in [0.15, 0.2) is 48.5 Å². The number of rotatable bonds is 5. The average Bonchev–Trinajstić information content (AvgIpc) is 2.65. The number of para-hydroxylation sites is 2. The summed E-state index contributed by atoms with van der Waals surface area (Å²) in [6.45, 7) is 2.12. The summed E-state index contributed by atoms with van der Waals surface area (Å²) in [5, 5.41) is 3.82. The first-order valence-electron chi connectivity index (χ1n) is 8.30. The van der Waals surface area contributed by atoms with E-state index in [0.29, 0.717) is 16.5 Å². The van der Waals surface area contributed by atoms with Gasteiger partial charge in [0.2, 0.25) is 5.91 Å². The fourth-order valence-electron chi connectivity index (χ4n) is 2.89. The number of nitrogens with zero attached hydrogens (tertiary/aromatic N) is 1. The number of carbonyl (C=O) groups is 2. The van der Waals surface area contributed by atoms with E-state index in [0.717, 1.165) is 5.56 Å². The van der Waals surface area contributed by atoms with Crippen molar-refractivity contribution >= 4 is 29.1 Å². The molecule has 1 aliphatic heterocycles. The minimum absolute atomic E-state index is 0.0895. The Kier molecular flexibility index (Phi) is 5.44. The second kappa shape index (κ2) is 7.76. The van der Waals surface area contributed by atoms with Crippen LogP contribution in [0.25, 0.3) is 0 Å². The third kappa shape index (κ3) is 3.81. The second-order valence-corrected chi connectivity index (χ2v) is 6.51. The molecule has 0 fully saturated rings. The lowest BCUT2D eigenvalue weighted by molar-refractivity contribution is -0.125. The Morgan fingerprint density at radius 1 is 1.27 bits per heavy atom. The number of amides is 2. The van der Waals surface area contributed by atoms with E-state index < -0.39 is 12.0 Å². The Hall–Kier alpha value is -2.57. The highest BCUT2D eigenvalue weighted by molar-refractivity contribution is 6.31. The highest BCUT2D eigenvalue weighted by Crippen LogP contribution is 2.33. The van der Waals surface area contributed by atoms with E-state index in [1.165, 1.54) is 4.90 Å². The molecule has 3 N–H and O–H groups in total. The second-order valence-electron chi connectivity index (χ2n) is 6.11. The zero-order valence-corrected chi connectivity index (χ0v) is 15.1. The third-order valence-corrected chi connectivity index (χ3v) is 4.67. The summed E-state index contributed by atoms with van der Waals surface area (Å²) < 4.78 is 5.58. The molecule has 0 saturated heterocycles. The number of carbonyl (C=O) groups excluding carboxylic acids is 2. The first kappa shape index (κ1) is 18.2. The number of hydrogen-bond donors (Lipinski definition) is 2. The quantitative estimate of drug-likeness (QED) is 0.842. The van der Waals surface area contributed by atoms with Crippen LogP contribution in [-0.4, -0.2) is 31.0 Å². The van der Waals surface area contributed by atoms with E-state index in [9.17, 15) is 9.59 Å². The number of anilines is 1. The van der Waals surface area contributed by atoms with Gasteiger partial charge in [0.25, 0.3) is 5.91 Å². The van der Waals surface area contributed by atoms with Crippen LogP contribution < -0.4 is 20.7 Å². The predicted molar refractivity (Wildman–Crippen MR) is 100 cm³/mol. The molecule has 0 spiro atoms. The normalized spacial score (nSPS) is 17.2. The van der Waals surface area contributed by atoms with Gasteiger partial charge in [-0.25, -0.2) is 0 Å². The van der Waals surface area contributed by atoms with Crippen molar-refractivity contribution in [1.29, 1.82) is 0 Å². The first-order chi connectivity index (χ1) is 12.5. The largest absolute Gasteiger partial charge is 0.477 e. The van der Waals surface area contributed by atoms with Gasteiger partial charge in [0.15, 0.2) is 6.10 Å². The van der Waals surface area contributed by atoms with Crippen molar-refractivity contribution in [2.75, 3.05) is 18.0 Å². The summed E-state index contributed by atoms with van der Waals surface area (Å²) in [6.07, 6.45) is -0.866. The van der Waals surface area contributed by atoms with Crippen molar-refractivity contribution < 1.29 is 14.3 Å². The van der Waals surface area contributed by atoms with Crippen LogP contribution in [0.3, 0.4) is 0 Å². The summed E-state index contributed by atoms with van der Waals surface area (Å²) >= 11 is 6.20. The Bertz CT molecular complexity index is 827. The van der Waals surface area contributed by atoms with Gasteiger partial charge in [0.1, 0.15) is 5.75 Å². The maximum atomic E-state index is 12.8. The molecule has 0 saturated carbocycles. The number of ether oxygens (including phenoxy) is 1. The standard InChI is InChI=1S/C19H20ClN3O3/c1-12(13-6-2-3-7-14(13)20)22-10-18(24)23-11-17(19(21)25)26-16-9-5-4-8-15(16)23/h2-9,12,17,22H,10-11H2,1H3,(H2,21,25)/t12-,17-/m1/s1. The van der Waals surface area contributed by atoms with Gasteiger partial charge in [-0.1, -0.05) is 41.9 Å². The number of benzene rings is 2. The molecule has 3 rings (SSSR count). The van der Waals surface area contributed by atoms with Crippen molar-refractivity contribution in [3.8, 4) is 5.75 Å². The van der Waals surface area contributed by atoms with Crippen molar-refractivity contribution in [3.05, 3.63) is 59.1 Å². The van der Waals surface area contributed by atoms with E-state index in [1.807, 2.05) is 37.3 Å².